The Balaban J connectivity index is 2.16. The van der Waals surface area contributed by atoms with Gasteiger partial charge in [0.15, 0.2) is 5.78 Å². The van der Waals surface area contributed by atoms with E-state index in [9.17, 15) is 4.79 Å². The fraction of sp³-hybridized carbons (Fsp3) is 0.462. The molecule has 1 aliphatic rings. The average molecular weight is 235 g/mol. The molecule has 0 radical (unpaired) electrons. The number of aliphatic hydroxyl groups excluding tert-OH is 1. The predicted molar refractivity (Wildman–Crippen MR) is 65.5 cm³/mol. The molecule has 1 heterocycles. The normalized spacial score (nSPS) is 20.4. The molecule has 0 aromatic heterocycles. The summed E-state index contributed by atoms with van der Waals surface area (Å²) in [4.78, 5) is 13.5. The van der Waals surface area contributed by atoms with E-state index >= 15 is 0 Å². The van der Waals surface area contributed by atoms with E-state index in [4.69, 9.17) is 9.84 Å². The van der Waals surface area contributed by atoms with Crippen LogP contribution in [-0.4, -0.2) is 43.3 Å². The van der Waals surface area contributed by atoms with Crippen LogP contribution in [0.15, 0.2) is 24.3 Å². The van der Waals surface area contributed by atoms with Crippen molar-refractivity contribution in [2.45, 2.75) is 13.0 Å². The second kappa shape index (κ2) is 5.29. The Bertz CT molecular complexity index is 405. The maximum Gasteiger partial charge on any atom is 0.159 e. The minimum absolute atomic E-state index is 0.0307. The van der Waals surface area contributed by atoms with Crippen LogP contribution >= 0.6 is 0 Å². The van der Waals surface area contributed by atoms with Crippen LogP contribution in [-0.2, 0) is 4.74 Å². The molecule has 0 amide bonds. The van der Waals surface area contributed by atoms with E-state index in [0.717, 1.165) is 17.8 Å². The zero-order valence-corrected chi connectivity index (χ0v) is 9.93. The number of carbonyl (C=O) groups is 1. The standard InChI is InChI=1S/C13H17NO3/c1-10(16)11-3-2-4-12(7-11)14-5-6-17-13(8-14)9-15/h2-4,7,13,15H,5-6,8-9H2,1H3. The van der Waals surface area contributed by atoms with Gasteiger partial charge in [-0.2, -0.15) is 0 Å². The molecule has 1 N–H and O–H groups in total. The fourth-order valence-corrected chi connectivity index (χ4v) is 1.99. The van der Waals surface area contributed by atoms with Gasteiger partial charge in [0.1, 0.15) is 0 Å². The number of Topliss-reactive ketones (excluding diaryl/α,β-unsaturated/α-hetero) is 1. The van der Waals surface area contributed by atoms with Gasteiger partial charge in [-0.1, -0.05) is 12.1 Å². The first-order chi connectivity index (χ1) is 8.20. The SMILES string of the molecule is CC(=O)c1cccc(N2CCOC(CO)C2)c1. The number of ketones is 1. The van der Waals surface area contributed by atoms with Crippen LogP contribution in [0.2, 0.25) is 0 Å². The molecule has 17 heavy (non-hydrogen) atoms. The van der Waals surface area contributed by atoms with Crippen molar-refractivity contribution in [2.24, 2.45) is 0 Å². The van der Waals surface area contributed by atoms with Gasteiger partial charge in [-0.05, 0) is 19.1 Å². The van der Waals surface area contributed by atoms with E-state index < -0.39 is 0 Å². The molecule has 0 saturated carbocycles. The molecule has 4 heteroatoms. The van der Waals surface area contributed by atoms with Gasteiger partial charge in [-0.25, -0.2) is 0 Å². The maximum absolute atomic E-state index is 11.3. The van der Waals surface area contributed by atoms with Gasteiger partial charge >= 0.3 is 0 Å². The van der Waals surface area contributed by atoms with Gasteiger partial charge in [0.2, 0.25) is 0 Å². The third kappa shape index (κ3) is 2.84. The number of ether oxygens (including phenoxy) is 1. The molecule has 1 saturated heterocycles. The molecule has 1 aliphatic heterocycles. The molecule has 2 rings (SSSR count). The van der Waals surface area contributed by atoms with Crippen molar-refractivity contribution in [3.63, 3.8) is 0 Å². The Labute approximate surface area is 101 Å². The number of hydrogen-bond donors (Lipinski definition) is 1. The molecule has 92 valence electrons. The minimum atomic E-state index is -0.135. The van der Waals surface area contributed by atoms with Gasteiger partial charge in [0, 0.05) is 24.3 Å². The van der Waals surface area contributed by atoms with E-state index in [1.54, 1.807) is 6.92 Å². The molecular formula is C13H17NO3. The van der Waals surface area contributed by atoms with Crippen LogP contribution in [0.4, 0.5) is 5.69 Å². The van der Waals surface area contributed by atoms with Gasteiger partial charge in [-0.15, -0.1) is 0 Å². The summed E-state index contributed by atoms with van der Waals surface area (Å²) < 4.78 is 5.40. The van der Waals surface area contributed by atoms with Crippen molar-refractivity contribution in [1.82, 2.24) is 0 Å². The summed E-state index contributed by atoms with van der Waals surface area (Å²) in [6.45, 7) is 3.66. The number of aliphatic hydroxyl groups is 1. The number of morpholine rings is 1. The highest BCUT2D eigenvalue weighted by molar-refractivity contribution is 5.94. The molecule has 1 atom stereocenters. The third-order valence-corrected chi connectivity index (χ3v) is 2.96. The van der Waals surface area contributed by atoms with Crippen molar-refractivity contribution in [3.8, 4) is 0 Å². The summed E-state index contributed by atoms with van der Waals surface area (Å²) in [7, 11) is 0. The Hall–Kier alpha value is -1.39. The number of hydrogen-bond acceptors (Lipinski definition) is 4. The highest BCUT2D eigenvalue weighted by Crippen LogP contribution is 2.19. The lowest BCUT2D eigenvalue weighted by molar-refractivity contribution is 0.00357. The van der Waals surface area contributed by atoms with E-state index in [2.05, 4.69) is 4.90 Å². The first kappa shape index (κ1) is 12.1. The van der Waals surface area contributed by atoms with Crippen molar-refractivity contribution in [2.75, 3.05) is 31.2 Å². The summed E-state index contributed by atoms with van der Waals surface area (Å²) in [5.41, 5.74) is 1.73. The molecule has 1 aromatic rings. The van der Waals surface area contributed by atoms with E-state index in [1.807, 2.05) is 24.3 Å². The average Bonchev–Trinajstić information content (AvgIpc) is 2.39. The molecule has 1 fully saturated rings. The quantitative estimate of drug-likeness (QED) is 0.797. The lowest BCUT2D eigenvalue weighted by atomic mass is 10.1. The Morgan fingerprint density at radius 2 is 2.41 bits per heavy atom. The van der Waals surface area contributed by atoms with Crippen LogP contribution in [0.25, 0.3) is 0 Å². The second-order valence-corrected chi connectivity index (χ2v) is 4.23. The van der Waals surface area contributed by atoms with Crippen LogP contribution in [0, 0.1) is 0 Å². The van der Waals surface area contributed by atoms with E-state index in [1.165, 1.54) is 0 Å². The van der Waals surface area contributed by atoms with E-state index in [-0.39, 0.29) is 18.5 Å². The highest BCUT2D eigenvalue weighted by atomic mass is 16.5. The maximum atomic E-state index is 11.3. The largest absolute Gasteiger partial charge is 0.394 e. The summed E-state index contributed by atoms with van der Waals surface area (Å²) in [5, 5.41) is 9.09. The van der Waals surface area contributed by atoms with Gasteiger partial charge < -0.3 is 14.7 Å². The first-order valence-corrected chi connectivity index (χ1v) is 5.79. The zero-order chi connectivity index (χ0) is 12.3. The van der Waals surface area contributed by atoms with Crippen molar-refractivity contribution in [3.05, 3.63) is 29.8 Å². The zero-order valence-electron chi connectivity index (χ0n) is 9.93. The number of anilines is 1. The monoisotopic (exact) mass is 235 g/mol. The van der Waals surface area contributed by atoms with Gasteiger partial charge in [0.25, 0.3) is 0 Å². The van der Waals surface area contributed by atoms with Crippen LogP contribution in [0.3, 0.4) is 0 Å². The van der Waals surface area contributed by atoms with E-state index in [0.29, 0.717) is 13.2 Å². The molecule has 0 spiro atoms. The molecule has 4 nitrogen and oxygen atoms in total. The topological polar surface area (TPSA) is 49.8 Å². The van der Waals surface area contributed by atoms with Gasteiger partial charge in [-0.3, -0.25) is 4.79 Å². The van der Waals surface area contributed by atoms with Crippen molar-refractivity contribution >= 4 is 11.5 Å². The molecule has 0 bridgehead atoms. The minimum Gasteiger partial charge on any atom is -0.394 e. The Morgan fingerprint density at radius 1 is 1.59 bits per heavy atom. The number of nitrogens with zero attached hydrogens (tertiary/aromatic N) is 1. The summed E-state index contributed by atoms with van der Waals surface area (Å²) >= 11 is 0. The second-order valence-electron chi connectivity index (χ2n) is 4.23. The number of carbonyl (C=O) groups excluding carboxylic acids is 1. The fourth-order valence-electron chi connectivity index (χ4n) is 1.99. The number of benzene rings is 1. The predicted octanol–water partition coefficient (Wildman–Crippen LogP) is 1.09. The highest BCUT2D eigenvalue weighted by Gasteiger charge is 2.20. The van der Waals surface area contributed by atoms with Crippen molar-refractivity contribution < 1.29 is 14.6 Å². The lowest BCUT2D eigenvalue weighted by Gasteiger charge is -2.33. The van der Waals surface area contributed by atoms with Crippen LogP contribution in [0.5, 0.6) is 0 Å². The molecule has 1 aromatic carbocycles. The molecule has 1 unspecified atom stereocenters. The van der Waals surface area contributed by atoms with Crippen molar-refractivity contribution in [1.29, 1.82) is 0 Å². The summed E-state index contributed by atoms with van der Waals surface area (Å²) in [6.07, 6.45) is -0.135. The first-order valence-electron chi connectivity index (χ1n) is 5.79. The summed E-state index contributed by atoms with van der Waals surface area (Å²) in [6, 6.07) is 7.57. The Morgan fingerprint density at radius 3 is 3.12 bits per heavy atom. The summed E-state index contributed by atoms with van der Waals surface area (Å²) in [5.74, 6) is 0.0683. The van der Waals surface area contributed by atoms with Gasteiger partial charge in [0.05, 0.1) is 19.3 Å². The third-order valence-electron chi connectivity index (χ3n) is 2.96. The smallest absolute Gasteiger partial charge is 0.159 e. The molecular weight excluding hydrogens is 218 g/mol. The number of rotatable bonds is 3. The molecule has 0 aliphatic carbocycles. The van der Waals surface area contributed by atoms with Crippen LogP contribution in [0.1, 0.15) is 17.3 Å². The van der Waals surface area contributed by atoms with Crippen LogP contribution < -0.4 is 4.90 Å². The Kier molecular flexibility index (Phi) is 3.76. The lowest BCUT2D eigenvalue weighted by Crippen LogP contribution is -2.44.